The smallest absolute Gasteiger partial charge is 0.295 e. The molecular formula is C30H29ClFNO3. The van der Waals surface area contributed by atoms with Crippen LogP contribution in [0.2, 0.25) is 5.02 Å². The third-order valence-corrected chi connectivity index (χ3v) is 6.89. The summed E-state index contributed by atoms with van der Waals surface area (Å²) in [7, 11) is 0. The van der Waals surface area contributed by atoms with Crippen molar-refractivity contribution in [2.75, 3.05) is 6.54 Å². The molecule has 1 aliphatic rings. The van der Waals surface area contributed by atoms with Crippen LogP contribution in [0.5, 0.6) is 0 Å². The van der Waals surface area contributed by atoms with Crippen molar-refractivity contribution in [3.63, 3.8) is 0 Å². The lowest BCUT2D eigenvalue weighted by atomic mass is 9.84. The summed E-state index contributed by atoms with van der Waals surface area (Å²) in [4.78, 5) is 28.0. The molecule has 4 nitrogen and oxygen atoms in total. The summed E-state index contributed by atoms with van der Waals surface area (Å²) in [6, 6.07) is 17.9. The SMILES string of the molecule is Cc1ccc(C(C)(C)C)cc1/C(O)=C1\C(=O)C(=O)N(CCc2ccc(Cl)cc2)C1c1ccc(F)cc1. The third kappa shape index (κ3) is 5.07. The van der Waals surface area contributed by atoms with Crippen molar-refractivity contribution in [1.82, 2.24) is 4.90 Å². The Labute approximate surface area is 216 Å². The van der Waals surface area contributed by atoms with Gasteiger partial charge in [-0.05, 0) is 71.3 Å². The molecule has 1 fully saturated rings. The van der Waals surface area contributed by atoms with Gasteiger partial charge in [0.15, 0.2) is 0 Å². The van der Waals surface area contributed by atoms with E-state index in [1.54, 1.807) is 24.3 Å². The van der Waals surface area contributed by atoms with Gasteiger partial charge in [0, 0.05) is 17.1 Å². The maximum atomic E-state index is 13.7. The maximum Gasteiger partial charge on any atom is 0.295 e. The minimum atomic E-state index is -0.837. The number of aliphatic hydroxyl groups excluding tert-OH is 1. The van der Waals surface area contributed by atoms with Gasteiger partial charge < -0.3 is 10.0 Å². The number of amides is 1. The highest BCUT2D eigenvalue weighted by atomic mass is 35.5. The van der Waals surface area contributed by atoms with Crippen LogP contribution in [0.1, 0.15) is 54.6 Å². The van der Waals surface area contributed by atoms with Gasteiger partial charge in [-0.1, -0.05) is 68.8 Å². The molecule has 1 unspecified atom stereocenters. The van der Waals surface area contributed by atoms with E-state index in [0.29, 0.717) is 22.6 Å². The van der Waals surface area contributed by atoms with Crippen molar-refractivity contribution in [3.8, 4) is 0 Å². The number of rotatable bonds is 5. The summed E-state index contributed by atoms with van der Waals surface area (Å²) in [6.45, 7) is 8.29. The Morgan fingerprint density at radius 3 is 2.25 bits per heavy atom. The van der Waals surface area contributed by atoms with E-state index in [1.807, 2.05) is 37.3 Å². The number of hydrogen-bond acceptors (Lipinski definition) is 3. The number of halogens is 2. The molecule has 1 heterocycles. The lowest BCUT2D eigenvalue weighted by Crippen LogP contribution is -2.31. The van der Waals surface area contributed by atoms with Gasteiger partial charge in [0.25, 0.3) is 11.7 Å². The Bertz CT molecular complexity index is 1340. The molecule has 3 aromatic rings. The highest BCUT2D eigenvalue weighted by Gasteiger charge is 2.46. The number of Topliss-reactive ketones (excluding diaryl/α,β-unsaturated/α-hetero) is 1. The molecule has 0 aromatic heterocycles. The number of carbonyl (C=O) groups excluding carboxylic acids is 2. The van der Waals surface area contributed by atoms with Gasteiger partial charge in [-0.3, -0.25) is 9.59 Å². The molecule has 1 N–H and O–H groups in total. The average Bonchev–Trinajstić information content (AvgIpc) is 3.08. The van der Waals surface area contributed by atoms with Gasteiger partial charge in [-0.15, -0.1) is 0 Å². The van der Waals surface area contributed by atoms with E-state index >= 15 is 0 Å². The molecule has 6 heteroatoms. The van der Waals surface area contributed by atoms with Crippen molar-refractivity contribution < 1.29 is 19.1 Å². The molecule has 0 bridgehead atoms. The first-order chi connectivity index (χ1) is 17.0. The Kier molecular flexibility index (Phi) is 7.05. The van der Waals surface area contributed by atoms with E-state index in [1.165, 1.54) is 17.0 Å². The van der Waals surface area contributed by atoms with Gasteiger partial charge in [-0.25, -0.2) is 4.39 Å². The van der Waals surface area contributed by atoms with Gasteiger partial charge in [-0.2, -0.15) is 0 Å². The first-order valence-electron chi connectivity index (χ1n) is 11.9. The molecule has 36 heavy (non-hydrogen) atoms. The molecule has 1 aliphatic heterocycles. The second kappa shape index (κ2) is 9.90. The number of ketones is 1. The fraction of sp³-hybridized carbons (Fsp3) is 0.267. The number of nitrogens with zero attached hydrogens (tertiary/aromatic N) is 1. The number of benzene rings is 3. The third-order valence-electron chi connectivity index (χ3n) is 6.64. The molecule has 1 saturated heterocycles. The zero-order chi connectivity index (χ0) is 26.2. The van der Waals surface area contributed by atoms with Crippen LogP contribution in [0, 0.1) is 12.7 Å². The predicted octanol–water partition coefficient (Wildman–Crippen LogP) is 6.75. The van der Waals surface area contributed by atoms with Crippen LogP contribution in [0.3, 0.4) is 0 Å². The van der Waals surface area contributed by atoms with Gasteiger partial charge in [0.1, 0.15) is 11.6 Å². The van der Waals surface area contributed by atoms with Crippen molar-refractivity contribution in [2.24, 2.45) is 0 Å². The molecule has 0 saturated carbocycles. The normalized spacial score (nSPS) is 17.6. The summed E-state index contributed by atoms with van der Waals surface area (Å²) in [5.41, 5.74) is 3.62. The minimum Gasteiger partial charge on any atom is -0.507 e. The Hall–Kier alpha value is -3.44. The van der Waals surface area contributed by atoms with Crippen LogP contribution in [-0.4, -0.2) is 28.2 Å². The van der Waals surface area contributed by atoms with E-state index in [4.69, 9.17) is 11.6 Å². The first-order valence-corrected chi connectivity index (χ1v) is 12.2. The number of aliphatic hydroxyl groups is 1. The molecule has 186 valence electrons. The molecule has 1 amide bonds. The van der Waals surface area contributed by atoms with E-state index in [2.05, 4.69) is 20.8 Å². The van der Waals surface area contributed by atoms with Crippen LogP contribution in [0.25, 0.3) is 5.76 Å². The Balaban J connectivity index is 1.82. The van der Waals surface area contributed by atoms with Crippen molar-refractivity contribution >= 4 is 29.1 Å². The molecular weight excluding hydrogens is 477 g/mol. The number of likely N-dealkylation sites (tertiary alicyclic amines) is 1. The average molecular weight is 506 g/mol. The molecule has 0 spiro atoms. The van der Waals surface area contributed by atoms with E-state index < -0.39 is 23.5 Å². The first kappa shape index (κ1) is 25.6. The fourth-order valence-corrected chi connectivity index (χ4v) is 4.62. The van der Waals surface area contributed by atoms with Crippen LogP contribution >= 0.6 is 11.6 Å². The van der Waals surface area contributed by atoms with E-state index in [0.717, 1.165) is 16.7 Å². The van der Waals surface area contributed by atoms with Crippen molar-refractivity contribution in [3.05, 3.63) is 111 Å². The fourth-order valence-electron chi connectivity index (χ4n) is 4.49. The number of carbonyl (C=O) groups is 2. The van der Waals surface area contributed by atoms with Crippen LogP contribution in [0.4, 0.5) is 4.39 Å². The van der Waals surface area contributed by atoms with Gasteiger partial charge in [0.05, 0.1) is 11.6 Å². The van der Waals surface area contributed by atoms with Crippen molar-refractivity contribution in [2.45, 2.75) is 45.6 Å². The summed E-state index contributed by atoms with van der Waals surface area (Å²) >= 11 is 5.99. The molecule has 0 radical (unpaired) electrons. The van der Waals surface area contributed by atoms with Crippen LogP contribution in [-0.2, 0) is 21.4 Å². The highest BCUT2D eigenvalue weighted by molar-refractivity contribution is 6.46. The van der Waals surface area contributed by atoms with Gasteiger partial charge in [0.2, 0.25) is 0 Å². The summed E-state index contributed by atoms with van der Waals surface area (Å²) in [5, 5.41) is 12.1. The second-order valence-electron chi connectivity index (χ2n) is 10.2. The zero-order valence-electron chi connectivity index (χ0n) is 20.8. The summed E-state index contributed by atoms with van der Waals surface area (Å²) in [5.74, 6) is -2.09. The van der Waals surface area contributed by atoms with E-state index in [9.17, 15) is 19.1 Å². The van der Waals surface area contributed by atoms with Crippen molar-refractivity contribution in [1.29, 1.82) is 0 Å². The topological polar surface area (TPSA) is 57.6 Å². The molecule has 1 atom stereocenters. The highest BCUT2D eigenvalue weighted by Crippen LogP contribution is 2.40. The standard InChI is InChI=1S/C30H29ClFNO3/c1-18-5-10-21(30(2,3)4)17-24(18)27(34)25-26(20-8-13-23(32)14-9-20)33(29(36)28(25)35)16-15-19-6-11-22(31)12-7-19/h5-14,17,26,34H,15-16H2,1-4H3/b27-25+. The monoisotopic (exact) mass is 505 g/mol. The lowest BCUT2D eigenvalue weighted by molar-refractivity contribution is -0.139. The van der Waals surface area contributed by atoms with Gasteiger partial charge >= 0.3 is 0 Å². The quantitative estimate of drug-likeness (QED) is 0.237. The molecule has 3 aromatic carbocycles. The largest absolute Gasteiger partial charge is 0.507 e. The zero-order valence-corrected chi connectivity index (χ0v) is 21.6. The molecule has 0 aliphatic carbocycles. The minimum absolute atomic E-state index is 0.0110. The number of hydrogen-bond donors (Lipinski definition) is 1. The Morgan fingerprint density at radius 1 is 1.00 bits per heavy atom. The summed E-state index contributed by atoms with van der Waals surface area (Å²) in [6.07, 6.45) is 0.487. The summed E-state index contributed by atoms with van der Waals surface area (Å²) < 4.78 is 13.7. The maximum absolute atomic E-state index is 13.7. The molecule has 4 rings (SSSR count). The Morgan fingerprint density at radius 2 is 1.64 bits per heavy atom. The second-order valence-corrected chi connectivity index (χ2v) is 10.6. The number of aryl methyl sites for hydroxylation is 1. The lowest BCUT2D eigenvalue weighted by Gasteiger charge is -2.26. The van der Waals surface area contributed by atoms with Crippen LogP contribution in [0.15, 0.2) is 72.3 Å². The van der Waals surface area contributed by atoms with Crippen LogP contribution < -0.4 is 0 Å². The predicted molar refractivity (Wildman–Crippen MR) is 140 cm³/mol. The van der Waals surface area contributed by atoms with E-state index in [-0.39, 0.29) is 23.3 Å².